The summed E-state index contributed by atoms with van der Waals surface area (Å²) in [6.07, 6.45) is 0.472. The molecule has 0 saturated heterocycles. The number of rotatable bonds is 7. The van der Waals surface area contributed by atoms with Crippen LogP contribution in [0, 0.1) is 0 Å². The lowest BCUT2D eigenvalue weighted by Gasteiger charge is -2.20. The van der Waals surface area contributed by atoms with Crippen LogP contribution in [0.3, 0.4) is 0 Å². The smallest absolute Gasteiger partial charge is 0.208 e. The van der Waals surface area contributed by atoms with Crippen molar-refractivity contribution < 1.29 is 9.94 Å². The van der Waals surface area contributed by atoms with Gasteiger partial charge in [-0.05, 0) is 0 Å². The van der Waals surface area contributed by atoms with Crippen LogP contribution in [0.1, 0.15) is 6.42 Å². The number of anilines is 1. The van der Waals surface area contributed by atoms with E-state index in [1.54, 1.807) is 12.6 Å². The van der Waals surface area contributed by atoms with Crippen LogP contribution in [-0.4, -0.2) is 48.0 Å². The quantitative estimate of drug-likeness (QED) is 0.307. The van der Waals surface area contributed by atoms with Gasteiger partial charge in [0.25, 0.3) is 0 Å². The Labute approximate surface area is 97.5 Å². The fourth-order valence-corrected chi connectivity index (χ4v) is 1.72. The molecule has 0 saturated carbocycles. The molecule has 7 nitrogen and oxygen atoms in total. The summed E-state index contributed by atoms with van der Waals surface area (Å²) in [5.74, 6) is 0.201. The molecule has 1 aromatic heterocycles. The molecule has 0 radical (unpaired) electrons. The minimum absolute atomic E-state index is 0.201. The van der Waals surface area contributed by atoms with Crippen LogP contribution in [0.25, 0.3) is 0 Å². The van der Waals surface area contributed by atoms with E-state index in [0.717, 1.165) is 5.13 Å². The van der Waals surface area contributed by atoms with Crippen molar-refractivity contribution in [2.75, 3.05) is 31.7 Å². The summed E-state index contributed by atoms with van der Waals surface area (Å²) >= 11 is 1.45. The Kier molecular flexibility index (Phi) is 5.51. The van der Waals surface area contributed by atoms with Gasteiger partial charge in [0.2, 0.25) is 5.13 Å². The average molecular weight is 245 g/mol. The van der Waals surface area contributed by atoms with Crippen molar-refractivity contribution in [3.05, 3.63) is 5.51 Å². The fourth-order valence-electron chi connectivity index (χ4n) is 1.11. The highest BCUT2D eigenvalue weighted by Crippen LogP contribution is 2.15. The number of aromatic nitrogens is 2. The average Bonchev–Trinajstić information content (AvgIpc) is 2.82. The zero-order valence-corrected chi connectivity index (χ0v) is 9.85. The van der Waals surface area contributed by atoms with Crippen molar-refractivity contribution in [1.82, 2.24) is 10.2 Å². The minimum atomic E-state index is 0.201. The molecule has 16 heavy (non-hydrogen) atoms. The van der Waals surface area contributed by atoms with E-state index in [9.17, 15) is 0 Å². The van der Waals surface area contributed by atoms with Crippen LogP contribution in [0.4, 0.5) is 5.13 Å². The number of nitrogens with two attached hydrogens (primary N) is 1. The lowest BCUT2D eigenvalue weighted by atomic mass is 10.3. The molecular formula is C8H15N5O2S. The lowest BCUT2D eigenvalue weighted by molar-refractivity contribution is 0.205. The summed E-state index contributed by atoms with van der Waals surface area (Å²) in [5, 5.41) is 19.9. The molecule has 0 fully saturated rings. The van der Waals surface area contributed by atoms with E-state index in [1.165, 1.54) is 11.3 Å². The molecule has 0 aliphatic heterocycles. The molecule has 0 aliphatic rings. The second-order valence-electron chi connectivity index (χ2n) is 3.04. The van der Waals surface area contributed by atoms with Gasteiger partial charge in [-0.2, -0.15) is 0 Å². The van der Waals surface area contributed by atoms with Crippen molar-refractivity contribution in [1.29, 1.82) is 0 Å². The van der Waals surface area contributed by atoms with Crippen molar-refractivity contribution in [3.63, 3.8) is 0 Å². The van der Waals surface area contributed by atoms with E-state index < -0.39 is 0 Å². The first kappa shape index (κ1) is 12.7. The van der Waals surface area contributed by atoms with E-state index >= 15 is 0 Å². The maximum absolute atomic E-state index is 8.45. The Morgan fingerprint density at radius 3 is 3.06 bits per heavy atom. The second kappa shape index (κ2) is 6.96. The third kappa shape index (κ3) is 3.99. The predicted molar refractivity (Wildman–Crippen MR) is 62.0 cm³/mol. The van der Waals surface area contributed by atoms with Crippen LogP contribution in [0.2, 0.25) is 0 Å². The Bertz CT molecular complexity index is 316. The minimum Gasteiger partial charge on any atom is -0.409 e. The molecule has 0 aliphatic carbocycles. The number of hydrogen-bond acceptors (Lipinski definition) is 7. The summed E-state index contributed by atoms with van der Waals surface area (Å²) in [7, 11) is 1.64. The van der Waals surface area contributed by atoms with Gasteiger partial charge in [0, 0.05) is 26.6 Å². The zero-order valence-electron chi connectivity index (χ0n) is 9.04. The van der Waals surface area contributed by atoms with E-state index in [1.807, 2.05) is 4.90 Å². The third-order valence-corrected chi connectivity index (χ3v) is 2.70. The fraction of sp³-hybridized carbons (Fsp3) is 0.625. The molecule has 0 atom stereocenters. The normalized spacial score (nSPS) is 11.7. The van der Waals surface area contributed by atoms with Crippen molar-refractivity contribution in [3.8, 4) is 0 Å². The number of oxime groups is 1. The monoisotopic (exact) mass is 245 g/mol. The maximum atomic E-state index is 8.45. The predicted octanol–water partition coefficient (Wildman–Crippen LogP) is 0.127. The number of methoxy groups -OCH3 is 1. The first-order valence-electron chi connectivity index (χ1n) is 4.74. The number of nitrogens with zero attached hydrogens (tertiary/aromatic N) is 4. The van der Waals surface area contributed by atoms with Crippen LogP contribution < -0.4 is 10.6 Å². The van der Waals surface area contributed by atoms with Crippen molar-refractivity contribution in [2.24, 2.45) is 10.9 Å². The highest BCUT2D eigenvalue weighted by Gasteiger charge is 2.10. The van der Waals surface area contributed by atoms with E-state index in [0.29, 0.717) is 26.1 Å². The number of amidine groups is 1. The summed E-state index contributed by atoms with van der Waals surface area (Å²) in [5.41, 5.74) is 7.08. The molecule has 1 aromatic rings. The molecule has 1 heterocycles. The standard InChI is InChI=1S/C8H15N5O2S/c1-15-5-4-13(3-2-7(9)12-14)8-11-10-6-16-8/h6,14H,2-5H2,1H3,(H2,9,12). The molecule has 0 aromatic carbocycles. The van der Waals surface area contributed by atoms with Crippen molar-refractivity contribution >= 4 is 22.3 Å². The largest absolute Gasteiger partial charge is 0.409 e. The van der Waals surface area contributed by atoms with Gasteiger partial charge < -0.3 is 20.6 Å². The van der Waals surface area contributed by atoms with Crippen LogP contribution >= 0.6 is 11.3 Å². The Balaban J connectivity index is 2.51. The first-order chi connectivity index (χ1) is 7.77. The molecule has 90 valence electrons. The molecule has 8 heteroatoms. The van der Waals surface area contributed by atoms with Crippen molar-refractivity contribution in [2.45, 2.75) is 6.42 Å². The van der Waals surface area contributed by atoms with E-state index in [2.05, 4.69) is 15.4 Å². The zero-order chi connectivity index (χ0) is 11.8. The van der Waals surface area contributed by atoms with Crippen LogP contribution in [0.15, 0.2) is 10.7 Å². The summed E-state index contributed by atoms with van der Waals surface area (Å²) in [6, 6.07) is 0. The molecule has 0 bridgehead atoms. The van der Waals surface area contributed by atoms with Gasteiger partial charge >= 0.3 is 0 Å². The SMILES string of the molecule is COCCN(CCC(N)=NO)c1nncs1. The molecule has 1 rings (SSSR count). The second-order valence-corrected chi connectivity index (χ2v) is 3.85. The van der Waals surface area contributed by atoms with E-state index in [-0.39, 0.29) is 5.84 Å². The molecule has 0 unspecified atom stereocenters. The third-order valence-electron chi connectivity index (χ3n) is 1.95. The molecule has 3 N–H and O–H groups in total. The van der Waals surface area contributed by atoms with Crippen LogP contribution in [0.5, 0.6) is 0 Å². The van der Waals surface area contributed by atoms with Crippen LogP contribution in [-0.2, 0) is 4.74 Å². The van der Waals surface area contributed by atoms with Gasteiger partial charge in [-0.15, -0.1) is 10.2 Å². The topological polar surface area (TPSA) is 96.9 Å². The summed E-state index contributed by atoms with van der Waals surface area (Å²) in [6.45, 7) is 1.91. The Morgan fingerprint density at radius 2 is 2.50 bits per heavy atom. The summed E-state index contributed by atoms with van der Waals surface area (Å²) < 4.78 is 5.01. The highest BCUT2D eigenvalue weighted by molar-refractivity contribution is 7.13. The number of ether oxygens (including phenoxy) is 1. The molecule has 0 spiro atoms. The number of hydrogen-bond donors (Lipinski definition) is 2. The van der Waals surface area contributed by atoms with Gasteiger partial charge in [-0.3, -0.25) is 0 Å². The Hall–Kier alpha value is -1.41. The molecular weight excluding hydrogens is 230 g/mol. The first-order valence-corrected chi connectivity index (χ1v) is 5.62. The van der Waals surface area contributed by atoms with E-state index in [4.69, 9.17) is 15.7 Å². The van der Waals surface area contributed by atoms with Gasteiger partial charge in [-0.25, -0.2) is 0 Å². The lowest BCUT2D eigenvalue weighted by Crippen LogP contribution is -2.31. The van der Waals surface area contributed by atoms with Gasteiger partial charge in [0.05, 0.1) is 6.61 Å². The highest BCUT2D eigenvalue weighted by atomic mass is 32.1. The van der Waals surface area contributed by atoms with Gasteiger partial charge in [-0.1, -0.05) is 16.5 Å². The Morgan fingerprint density at radius 1 is 1.69 bits per heavy atom. The van der Waals surface area contributed by atoms with Gasteiger partial charge in [0.1, 0.15) is 11.3 Å². The maximum Gasteiger partial charge on any atom is 0.208 e. The molecule has 0 amide bonds. The summed E-state index contributed by atoms with van der Waals surface area (Å²) in [4.78, 5) is 1.99. The van der Waals surface area contributed by atoms with Gasteiger partial charge in [0.15, 0.2) is 0 Å².